The van der Waals surface area contributed by atoms with E-state index >= 15 is 0 Å². The predicted octanol–water partition coefficient (Wildman–Crippen LogP) is 13.5. The molecule has 56 heavy (non-hydrogen) atoms. The van der Waals surface area contributed by atoms with Crippen LogP contribution >= 0.6 is 7.82 Å². The normalized spacial score (nSPS) is 14.1. The summed E-state index contributed by atoms with van der Waals surface area (Å²) in [5.41, 5.74) is 5.37. The molecule has 0 bridgehead atoms. The van der Waals surface area contributed by atoms with E-state index in [-0.39, 0.29) is 32.3 Å². The quantitative estimate of drug-likeness (QED) is 0.0271. The first-order valence-corrected chi connectivity index (χ1v) is 23.9. The van der Waals surface area contributed by atoms with Gasteiger partial charge in [-0.1, -0.05) is 164 Å². The lowest BCUT2D eigenvalue weighted by molar-refractivity contribution is -0.154. The molecule has 0 aliphatic carbocycles. The van der Waals surface area contributed by atoms with Crippen molar-refractivity contribution in [1.29, 1.82) is 0 Å². The van der Waals surface area contributed by atoms with E-state index in [9.17, 15) is 14.3 Å². The summed E-state index contributed by atoms with van der Waals surface area (Å²) in [6.45, 7) is 4.72. The van der Waals surface area contributed by atoms with Crippen LogP contribution in [-0.4, -0.2) is 49.9 Å². The fourth-order valence-electron chi connectivity index (χ4n) is 5.84. The summed E-state index contributed by atoms with van der Waals surface area (Å²) >= 11 is 0. The molecule has 0 heterocycles. The van der Waals surface area contributed by atoms with E-state index < -0.39 is 13.9 Å². The van der Waals surface area contributed by atoms with Gasteiger partial charge >= 0.3 is 13.8 Å². The Labute approximate surface area is 344 Å². The highest BCUT2D eigenvalue weighted by Gasteiger charge is 2.25. The van der Waals surface area contributed by atoms with Crippen LogP contribution in [0.1, 0.15) is 181 Å². The highest BCUT2D eigenvalue weighted by atomic mass is 31.2. The Bertz CT molecular complexity index is 1080. The molecule has 0 fully saturated rings. The van der Waals surface area contributed by atoms with Gasteiger partial charge in [-0.3, -0.25) is 13.8 Å². The fourth-order valence-corrected chi connectivity index (χ4v) is 6.61. The van der Waals surface area contributed by atoms with Gasteiger partial charge in [0.1, 0.15) is 6.10 Å². The van der Waals surface area contributed by atoms with Gasteiger partial charge in [-0.25, -0.2) is 4.57 Å². The molecule has 9 heteroatoms. The third-order valence-electron chi connectivity index (χ3n) is 9.11. The molecule has 0 radical (unpaired) electrons. The van der Waals surface area contributed by atoms with Gasteiger partial charge in [0, 0.05) is 19.6 Å². The minimum Gasteiger partial charge on any atom is -0.457 e. The molecule has 0 aromatic carbocycles. The molecular weight excluding hydrogens is 721 g/mol. The second kappa shape index (κ2) is 44.1. The summed E-state index contributed by atoms with van der Waals surface area (Å²) in [6, 6.07) is 0. The van der Waals surface area contributed by atoms with E-state index in [1.165, 1.54) is 70.6 Å². The molecule has 8 nitrogen and oxygen atoms in total. The van der Waals surface area contributed by atoms with Crippen molar-refractivity contribution in [3.8, 4) is 0 Å². The van der Waals surface area contributed by atoms with Crippen molar-refractivity contribution < 1.29 is 32.8 Å². The number of ether oxygens (including phenoxy) is 2. The molecule has 0 rings (SSSR count). The Kier molecular flexibility index (Phi) is 42.4. The summed E-state index contributed by atoms with van der Waals surface area (Å²) in [5, 5.41) is 0. The number of unbranched alkanes of at least 4 members (excludes halogenated alkanes) is 17. The van der Waals surface area contributed by atoms with E-state index in [0.29, 0.717) is 13.0 Å². The molecule has 0 spiro atoms. The van der Waals surface area contributed by atoms with Crippen LogP contribution < -0.4 is 5.73 Å². The minimum atomic E-state index is -4.29. The fraction of sp³-hybridized carbons (Fsp3) is 0.723. The van der Waals surface area contributed by atoms with Crippen LogP contribution in [0.15, 0.2) is 72.9 Å². The number of hydrogen-bond donors (Lipinski definition) is 2. The van der Waals surface area contributed by atoms with Crippen LogP contribution in [-0.2, 0) is 27.9 Å². The number of nitrogens with two attached hydrogens (primary N) is 1. The third-order valence-corrected chi connectivity index (χ3v) is 10.1. The number of phosphoric acid groups is 1. The highest BCUT2D eigenvalue weighted by molar-refractivity contribution is 7.47. The van der Waals surface area contributed by atoms with Crippen molar-refractivity contribution in [1.82, 2.24) is 0 Å². The standard InChI is InChI=1S/C47H84NO7P/c1-3-5-7-9-11-13-15-17-19-20-21-22-23-24-25-26-27-28-30-32-34-36-38-40-47(49)55-46(45-54-56(50,51)53-43-41-48)44-52-42-39-37-35-33-31-29-18-16-14-12-10-8-6-4-2/h6,8,12,14-15,17-18,20-21,23-24,29,46H,3-5,7,9-11,13,16,19,22,25-28,30-45,48H2,1-2H3,(H,50,51)/b8-6-,14-12-,17-15-,21-20-,24-23-,29-18-. The Morgan fingerprint density at radius 3 is 1.50 bits per heavy atom. The Balaban J connectivity index is 4.05. The van der Waals surface area contributed by atoms with Gasteiger partial charge in [0.15, 0.2) is 0 Å². The topological polar surface area (TPSA) is 117 Å². The summed E-state index contributed by atoms with van der Waals surface area (Å²) in [5.74, 6) is -0.349. The molecule has 0 aliphatic heterocycles. The average Bonchev–Trinajstić information content (AvgIpc) is 3.19. The first-order chi connectivity index (χ1) is 27.4. The summed E-state index contributed by atoms with van der Waals surface area (Å²) in [4.78, 5) is 22.5. The zero-order valence-electron chi connectivity index (χ0n) is 35.8. The molecule has 0 saturated carbocycles. The Morgan fingerprint density at radius 2 is 1.00 bits per heavy atom. The zero-order chi connectivity index (χ0) is 40.9. The average molecular weight is 806 g/mol. The molecule has 2 atom stereocenters. The number of allylic oxidation sites excluding steroid dienone is 12. The zero-order valence-corrected chi connectivity index (χ0v) is 36.7. The van der Waals surface area contributed by atoms with Crippen LogP contribution in [0.5, 0.6) is 0 Å². The number of hydrogen-bond acceptors (Lipinski definition) is 7. The molecule has 324 valence electrons. The van der Waals surface area contributed by atoms with Gasteiger partial charge in [0.05, 0.1) is 19.8 Å². The number of carbonyl (C=O) groups is 1. The number of esters is 1. The number of phosphoric ester groups is 1. The van der Waals surface area contributed by atoms with E-state index in [1.807, 2.05) is 0 Å². The van der Waals surface area contributed by atoms with Crippen molar-refractivity contribution in [2.75, 3.05) is 33.0 Å². The van der Waals surface area contributed by atoms with E-state index in [1.54, 1.807) is 0 Å². The van der Waals surface area contributed by atoms with E-state index in [2.05, 4.69) is 86.8 Å². The molecular formula is C47H84NO7P. The lowest BCUT2D eigenvalue weighted by Gasteiger charge is -2.20. The molecule has 0 saturated heterocycles. The van der Waals surface area contributed by atoms with Crippen LogP contribution in [0.2, 0.25) is 0 Å². The molecule has 0 aromatic rings. The summed E-state index contributed by atoms with van der Waals surface area (Å²) in [6.07, 6.45) is 55.0. The lowest BCUT2D eigenvalue weighted by Crippen LogP contribution is -2.28. The van der Waals surface area contributed by atoms with Crippen molar-refractivity contribution in [2.24, 2.45) is 5.73 Å². The third kappa shape index (κ3) is 43.1. The first kappa shape index (κ1) is 53.9. The molecule has 0 aromatic heterocycles. The maximum absolute atomic E-state index is 12.6. The number of rotatable bonds is 42. The van der Waals surface area contributed by atoms with Crippen LogP contribution in [0.4, 0.5) is 0 Å². The van der Waals surface area contributed by atoms with Crippen molar-refractivity contribution >= 4 is 13.8 Å². The second-order valence-corrected chi connectivity index (χ2v) is 16.0. The highest BCUT2D eigenvalue weighted by Crippen LogP contribution is 2.43. The lowest BCUT2D eigenvalue weighted by atomic mass is 10.1. The Hall–Kier alpha value is -2.06. The van der Waals surface area contributed by atoms with E-state index in [0.717, 1.165) is 89.9 Å². The van der Waals surface area contributed by atoms with Crippen molar-refractivity contribution in [2.45, 2.75) is 187 Å². The van der Waals surface area contributed by atoms with Gasteiger partial charge in [0.2, 0.25) is 0 Å². The molecule has 0 aliphatic rings. The van der Waals surface area contributed by atoms with Crippen molar-refractivity contribution in [3.63, 3.8) is 0 Å². The first-order valence-electron chi connectivity index (χ1n) is 22.4. The molecule has 2 unspecified atom stereocenters. The second-order valence-electron chi connectivity index (χ2n) is 14.5. The molecule has 0 amide bonds. The van der Waals surface area contributed by atoms with Gasteiger partial charge < -0.3 is 20.1 Å². The van der Waals surface area contributed by atoms with Crippen molar-refractivity contribution in [3.05, 3.63) is 72.9 Å². The monoisotopic (exact) mass is 806 g/mol. The van der Waals surface area contributed by atoms with Gasteiger partial charge in [-0.2, -0.15) is 0 Å². The summed E-state index contributed by atoms with van der Waals surface area (Å²) < 4.78 is 33.4. The predicted molar refractivity (Wildman–Crippen MR) is 238 cm³/mol. The van der Waals surface area contributed by atoms with Gasteiger partial charge in [-0.05, 0) is 83.5 Å². The maximum atomic E-state index is 12.6. The van der Waals surface area contributed by atoms with Crippen LogP contribution in [0.25, 0.3) is 0 Å². The van der Waals surface area contributed by atoms with Gasteiger partial charge in [0.25, 0.3) is 0 Å². The minimum absolute atomic E-state index is 0.0914. The Morgan fingerprint density at radius 1 is 0.554 bits per heavy atom. The number of carbonyl (C=O) groups excluding carboxylic acids is 1. The van der Waals surface area contributed by atoms with Gasteiger partial charge in [-0.15, -0.1) is 0 Å². The van der Waals surface area contributed by atoms with Crippen LogP contribution in [0, 0.1) is 0 Å². The molecule has 3 N–H and O–H groups in total. The smallest absolute Gasteiger partial charge is 0.457 e. The van der Waals surface area contributed by atoms with Crippen LogP contribution in [0.3, 0.4) is 0 Å². The van der Waals surface area contributed by atoms with E-state index in [4.69, 9.17) is 24.3 Å². The largest absolute Gasteiger partial charge is 0.472 e. The SMILES string of the molecule is CC/C=C\C/C=C\C/C=C\CCCCCCOCC(COP(=O)(O)OCCN)OC(=O)CCCCCCCCCC/C=C\C/C=C\C/C=C\CCCCCCC. The maximum Gasteiger partial charge on any atom is 0.472 e. The summed E-state index contributed by atoms with van der Waals surface area (Å²) in [7, 11) is -4.29.